The van der Waals surface area contributed by atoms with Crippen molar-refractivity contribution in [2.75, 3.05) is 49.1 Å². The highest BCUT2D eigenvalue weighted by Crippen LogP contribution is 2.36. The molecule has 1 saturated carbocycles. The van der Waals surface area contributed by atoms with Gasteiger partial charge in [0, 0.05) is 51.9 Å². The van der Waals surface area contributed by atoms with Crippen LogP contribution in [0.3, 0.4) is 0 Å². The number of piperidine rings is 1. The largest absolute Gasteiger partial charge is 0.437 e. The predicted octanol–water partition coefficient (Wildman–Crippen LogP) is 4.34. The van der Waals surface area contributed by atoms with Gasteiger partial charge in [-0.15, -0.1) is 0 Å². The number of alkyl halides is 3. The molecule has 0 bridgehead atoms. The molecule has 0 spiro atoms. The molecule has 12 heteroatoms. The van der Waals surface area contributed by atoms with E-state index in [0.717, 1.165) is 44.9 Å². The van der Waals surface area contributed by atoms with Crippen LogP contribution in [-0.2, 0) is 17.4 Å². The molecular weight excluding hydrogens is 539 g/mol. The van der Waals surface area contributed by atoms with E-state index in [1.54, 1.807) is 21.9 Å². The zero-order valence-corrected chi connectivity index (χ0v) is 23.4. The minimum Gasteiger partial charge on any atom is -0.420 e. The zero-order valence-electron chi connectivity index (χ0n) is 23.4. The van der Waals surface area contributed by atoms with Gasteiger partial charge in [-0.2, -0.15) is 18.2 Å². The molecule has 2 atom stereocenters. The highest BCUT2D eigenvalue weighted by atomic mass is 19.4. The van der Waals surface area contributed by atoms with E-state index in [-0.39, 0.29) is 24.3 Å². The van der Waals surface area contributed by atoms with E-state index in [0.29, 0.717) is 56.6 Å². The number of ketones is 1. The van der Waals surface area contributed by atoms with Crippen LogP contribution in [0.25, 0.3) is 0 Å². The van der Waals surface area contributed by atoms with E-state index in [1.807, 2.05) is 11.8 Å². The molecule has 3 fully saturated rings. The maximum absolute atomic E-state index is 13.7. The molecule has 0 aromatic carbocycles. The number of carbonyl (C=O) groups excluding carboxylic acids is 2. The Hall–Kier alpha value is -3.15. The molecule has 5 rings (SSSR count). The lowest BCUT2D eigenvalue weighted by Gasteiger charge is -2.37. The van der Waals surface area contributed by atoms with Crippen molar-refractivity contribution in [2.45, 2.75) is 70.6 Å². The number of Topliss-reactive ketones (excluding diaryl/α,β-unsaturated/α-hetero) is 1. The maximum Gasteiger partial charge on any atom is 0.437 e. The van der Waals surface area contributed by atoms with E-state index in [2.05, 4.69) is 9.97 Å². The van der Waals surface area contributed by atoms with Crippen molar-refractivity contribution < 1.29 is 32.3 Å². The van der Waals surface area contributed by atoms with E-state index in [9.17, 15) is 27.9 Å². The first-order valence-electron chi connectivity index (χ1n) is 14.6. The lowest BCUT2D eigenvalue weighted by Crippen LogP contribution is -2.53. The third kappa shape index (κ3) is 6.85. The van der Waals surface area contributed by atoms with Crippen LogP contribution in [-0.4, -0.2) is 77.0 Å². The first-order valence-corrected chi connectivity index (χ1v) is 14.6. The Balaban J connectivity index is 1.19. The molecule has 1 aliphatic carbocycles. The van der Waals surface area contributed by atoms with Crippen LogP contribution in [0.2, 0.25) is 0 Å². The molecule has 0 radical (unpaired) electrons. The Kier molecular flexibility index (Phi) is 8.86. The monoisotopic (exact) mass is 577 g/mol. The van der Waals surface area contributed by atoms with Crippen molar-refractivity contribution in [3.63, 3.8) is 0 Å². The molecule has 1 amide bonds. The number of anilines is 2. The number of aliphatic hydroxyl groups excluding tert-OH is 1. The number of hydrogen-bond acceptors (Lipinski definition) is 8. The Morgan fingerprint density at radius 2 is 1.76 bits per heavy atom. The summed E-state index contributed by atoms with van der Waals surface area (Å²) in [5.41, 5.74) is -0.831. The quantitative estimate of drug-likeness (QED) is 0.485. The van der Waals surface area contributed by atoms with Gasteiger partial charge in [0.1, 0.15) is 11.9 Å². The topological polar surface area (TPSA) is 103 Å². The van der Waals surface area contributed by atoms with Crippen LogP contribution in [0.5, 0.6) is 0 Å². The summed E-state index contributed by atoms with van der Waals surface area (Å²) in [6.07, 6.45) is 2.26. The summed E-state index contributed by atoms with van der Waals surface area (Å²) in [5.74, 6) is -0.800. The summed E-state index contributed by atoms with van der Waals surface area (Å²) in [5, 5.41) is 10.6. The van der Waals surface area contributed by atoms with Crippen LogP contribution in [0, 0.1) is 11.8 Å². The van der Waals surface area contributed by atoms with E-state index >= 15 is 0 Å². The van der Waals surface area contributed by atoms with Gasteiger partial charge in [0.2, 0.25) is 11.5 Å². The number of rotatable bonds is 7. The first-order chi connectivity index (χ1) is 19.6. The fourth-order valence-electron chi connectivity index (χ4n) is 6.16. The number of hydrogen-bond donors (Lipinski definition) is 1. The molecule has 4 heterocycles. The second-order valence-corrected chi connectivity index (χ2v) is 11.6. The molecule has 224 valence electrons. The van der Waals surface area contributed by atoms with E-state index < -0.39 is 29.5 Å². The maximum atomic E-state index is 13.7. The third-order valence-electron chi connectivity index (χ3n) is 8.50. The summed E-state index contributed by atoms with van der Waals surface area (Å²) in [7, 11) is 0. The number of aromatic nitrogens is 2. The molecule has 2 aliphatic heterocycles. The summed E-state index contributed by atoms with van der Waals surface area (Å²) in [6.45, 7) is 5.09. The van der Waals surface area contributed by atoms with Gasteiger partial charge in [-0.25, -0.2) is 4.98 Å². The van der Waals surface area contributed by atoms with Crippen molar-refractivity contribution in [3.05, 3.63) is 35.3 Å². The standard InChI is InChI=1S/C29H38F3N5O4/c1-19-6-5-11-37(18-19)28-34-26(29(30,31)32)25(41-28)22(38)16-20-9-10-23(33-17-20)35-12-14-36(15-13-35)27(40)24(39)21-7-3-2-4-8-21/h9-10,17,19,21,24,39H,2-8,11-16,18H2,1H3/t19?,24-/m1/s1. The van der Waals surface area contributed by atoms with Crippen molar-refractivity contribution in [2.24, 2.45) is 11.8 Å². The molecule has 9 nitrogen and oxygen atoms in total. The van der Waals surface area contributed by atoms with Gasteiger partial charge in [-0.05, 0) is 49.1 Å². The number of amides is 1. The normalized spacial score (nSPS) is 21.7. The second-order valence-electron chi connectivity index (χ2n) is 11.6. The summed E-state index contributed by atoms with van der Waals surface area (Å²) < 4.78 is 46.6. The van der Waals surface area contributed by atoms with Crippen LogP contribution >= 0.6 is 0 Å². The van der Waals surface area contributed by atoms with Gasteiger partial charge >= 0.3 is 6.18 Å². The van der Waals surface area contributed by atoms with Crippen molar-refractivity contribution in [1.82, 2.24) is 14.9 Å². The van der Waals surface area contributed by atoms with Crippen LogP contribution in [0.1, 0.15) is 73.7 Å². The SMILES string of the molecule is CC1CCCN(c2nc(C(F)(F)F)c(C(=O)Cc3ccc(N4CCN(C(=O)[C@H](O)C5CCCCC5)CC4)nc3)o2)C1. The summed E-state index contributed by atoms with van der Waals surface area (Å²) >= 11 is 0. The van der Waals surface area contributed by atoms with Crippen molar-refractivity contribution >= 4 is 23.5 Å². The Morgan fingerprint density at radius 1 is 1.02 bits per heavy atom. The Labute approximate surface area is 237 Å². The summed E-state index contributed by atoms with van der Waals surface area (Å²) in [6, 6.07) is 3.23. The molecule has 1 unspecified atom stereocenters. The van der Waals surface area contributed by atoms with E-state index in [1.165, 1.54) is 6.20 Å². The zero-order chi connectivity index (χ0) is 29.1. The highest BCUT2D eigenvalue weighted by Gasteiger charge is 2.42. The average Bonchev–Trinajstić information content (AvgIpc) is 3.44. The van der Waals surface area contributed by atoms with Gasteiger partial charge in [0.25, 0.3) is 11.9 Å². The average molecular weight is 578 g/mol. The number of carbonyl (C=O) groups is 2. The van der Waals surface area contributed by atoms with Gasteiger partial charge in [0.15, 0.2) is 5.69 Å². The predicted molar refractivity (Wildman–Crippen MR) is 146 cm³/mol. The molecular formula is C29H38F3N5O4. The Bertz CT molecular complexity index is 1200. The summed E-state index contributed by atoms with van der Waals surface area (Å²) in [4.78, 5) is 39.3. The number of aliphatic hydroxyl groups is 1. The second kappa shape index (κ2) is 12.4. The minimum absolute atomic E-state index is 0.0374. The lowest BCUT2D eigenvalue weighted by atomic mass is 9.85. The van der Waals surface area contributed by atoms with Crippen LogP contribution < -0.4 is 9.80 Å². The van der Waals surface area contributed by atoms with Gasteiger partial charge < -0.3 is 24.2 Å². The molecule has 2 aromatic rings. The molecule has 2 aromatic heterocycles. The van der Waals surface area contributed by atoms with Crippen LogP contribution in [0.4, 0.5) is 25.0 Å². The number of pyridine rings is 1. The smallest absolute Gasteiger partial charge is 0.420 e. The highest BCUT2D eigenvalue weighted by molar-refractivity contribution is 5.96. The van der Waals surface area contributed by atoms with Crippen molar-refractivity contribution in [3.8, 4) is 0 Å². The number of piperazine rings is 1. The number of oxazole rings is 1. The molecule has 41 heavy (non-hydrogen) atoms. The van der Waals surface area contributed by atoms with Gasteiger partial charge in [-0.3, -0.25) is 9.59 Å². The molecule has 2 saturated heterocycles. The molecule has 1 N–H and O–H groups in total. The minimum atomic E-state index is -4.81. The first kappa shape index (κ1) is 29.3. The molecule has 3 aliphatic rings. The third-order valence-corrected chi connectivity index (χ3v) is 8.50. The van der Waals surface area contributed by atoms with Gasteiger partial charge in [0.05, 0.1) is 0 Å². The fraction of sp³-hybridized carbons (Fsp3) is 0.655. The fourth-order valence-corrected chi connectivity index (χ4v) is 6.16. The van der Waals surface area contributed by atoms with Crippen LogP contribution in [0.15, 0.2) is 22.7 Å². The van der Waals surface area contributed by atoms with Gasteiger partial charge in [-0.1, -0.05) is 32.3 Å². The number of nitrogens with zero attached hydrogens (tertiary/aromatic N) is 5. The van der Waals surface area contributed by atoms with E-state index in [4.69, 9.17) is 4.42 Å². The number of halogens is 3. The lowest BCUT2D eigenvalue weighted by molar-refractivity contribution is -0.144. The van der Waals surface area contributed by atoms with Crippen molar-refractivity contribution in [1.29, 1.82) is 0 Å². The Morgan fingerprint density at radius 3 is 2.39 bits per heavy atom.